The first-order valence-corrected chi connectivity index (χ1v) is 5.09. The summed E-state index contributed by atoms with van der Waals surface area (Å²) in [5.41, 5.74) is 0. The second-order valence-corrected chi connectivity index (χ2v) is 3.77. The van der Waals surface area contributed by atoms with Crippen LogP contribution in [0.3, 0.4) is 0 Å². The normalized spacial score (nSPS) is 41.7. The molecule has 6 heteroatoms. The lowest BCUT2D eigenvalue weighted by molar-refractivity contribution is -0.306. The van der Waals surface area contributed by atoms with Gasteiger partial charge < -0.3 is 29.9 Å². The van der Waals surface area contributed by atoms with Crippen LogP contribution < -0.4 is 0 Å². The van der Waals surface area contributed by atoms with Crippen LogP contribution in [0.4, 0.5) is 0 Å². The Balaban J connectivity index is 2.66. The van der Waals surface area contributed by atoms with Gasteiger partial charge in [0, 0.05) is 0 Å². The van der Waals surface area contributed by atoms with Crippen molar-refractivity contribution in [2.45, 2.75) is 43.7 Å². The molecule has 0 aromatic heterocycles. The van der Waals surface area contributed by atoms with Gasteiger partial charge in [0.2, 0.25) is 0 Å². The summed E-state index contributed by atoms with van der Waals surface area (Å²) in [5, 5.41) is 37.5. The molecule has 1 saturated heterocycles. The van der Waals surface area contributed by atoms with Gasteiger partial charge in [-0.05, 0) is 6.92 Å². The average Bonchev–Trinajstić information content (AvgIpc) is 2.29. The Hall–Kier alpha value is -0.500. The Labute approximate surface area is 93.7 Å². The standard InChI is InChI=1S/C10H18O6/c1-3-5(2)15-10-9(14)8(13)7(12)6(4-11)16-10/h3,5-14H,1,4H2,2H3/t5?,6-,7-,8+,9-,10?/m1/s1. The summed E-state index contributed by atoms with van der Waals surface area (Å²) in [4.78, 5) is 0. The molecule has 0 saturated carbocycles. The maximum absolute atomic E-state index is 9.59. The fourth-order valence-electron chi connectivity index (χ4n) is 1.45. The van der Waals surface area contributed by atoms with Gasteiger partial charge in [-0.3, -0.25) is 0 Å². The maximum Gasteiger partial charge on any atom is 0.187 e. The third-order valence-electron chi connectivity index (χ3n) is 2.53. The lowest BCUT2D eigenvalue weighted by atomic mass is 9.99. The van der Waals surface area contributed by atoms with E-state index in [0.29, 0.717) is 0 Å². The lowest BCUT2D eigenvalue weighted by Crippen LogP contribution is -2.59. The van der Waals surface area contributed by atoms with E-state index in [9.17, 15) is 15.3 Å². The van der Waals surface area contributed by atoms with Crippen molar-refractivity contribution in [3.63, 3.8) is 0 Å². The van der Waals surface area contributed by atoms with Crippen LogP contribution in [0.1, 0.15) is 6.92 Å². The molecule has 6 atom stereocenters. The highest BCUT2D eigenvalue weighted by Gasteiger charge is 2.44. The first-order valence-electron chi connectivity index (χ1n) is 5.09. The molecule has 0 radical (unpaired) electrons. The molecule has 0 spiro atoms. The van der Waals surface area contributed by atoms with Crippen molar-refractivity contribution in [2.75, 3.05) is 6.61 Å². The Morgan fingerprint density at radius 2 is 1.94 bits per heavy atom. The van der Waals surface area contributed by atoms with Crippen LogP contribution in [0, 0.1) is 0 Å². The SMILES string of the molecule is C=CC(C)OC1O[C@H](CO)[C@@H](O)[C@H](O)[C@H]1O. The highest BCUT2D eigenvalue weighted by molar-refractivity contribution is 4.90. The van der Waals surface area contributed by atoms with Crippen LogP contribution in [0.25, 0.3) is 0 Å². The second kappa shape index (κ2) is 5.72. The summed E-state index contributed by atoms with van der Waals surface area (Å²) in [7, 11) is 0. The van der Waals surface area contributed by atoms with Crippen molar-refractivity contribution in [1.82, 2.24) is 0 Å². The molecule has 1 heterocycles. The monoisotopic (exact) mass is 234 g/mol. The first kappa shape index (κ1) is 13.6. The number of hydrogen-bond acceptors (Lipinski definition) is 6. The fourth-order valence-corrected chi connectivity index (χ4v) is 1.45. The van der Waals surface area contributed by atoms with E-state index in [1.54, 1.807) is 6.92 Å². The van der Waals surface area contributed by atoms with Gasteiger partial charge in [-0.15, -0.1) is 6.58 Å². The fraction of sp³-hybridized carbons (Fsp3) is 0.800. The van der Waals surface area contributed by atoms with E-state index >= 15 is 0 Å². The topological polar surface area (TPSA) is 99.4 Å². The Morgan fingerprint density at radius 3 is 2.44 bits per heavy atom. The number of rotatable bonds is 4. The van der Waals surface area contributed by atoms with Crippen LogP contribution in [0.2, 0.25) is 0 Å². The average molecular weight is 234 g/mol. The van der Waals surface area contributed by atoms with Gasteiger partial charge in [0.15, 0.2) is 6.29 Å². The van der Waals surface area contributed by atoms with Crippen molar-refractivity contribution in [3.8, 4) is 0 Å². The minimum absolute atomic E-state index is 0.374. The summed E-state index contributed by atoms with van der Waals surface area (Å²) in [6, 6.07) is 0. The minimum Gasteiger partial charge on any atom is -0.394 e. The molecule has 0 bridgehead atoms. The van der Waals surface area contributed by atoms with Crippen LogP contribution in [-0.2, 0) is 9.47 Å². The summed E-state index contributed by atoms with van der Waals surface area (Å²) in [5.74, 6) is 0. The van der Waals surface area contributed by atoms with Crippen molar-refractivity contribution in [2.24, 2.45) is 0 Å². The quantitative estimate of drug-likeness (QED) is 0.436. The molecule has 1 rings (SSSR count). The molecule has 4 N–H and O–H groups in total. The lowest BCUT2D eigenvalue weighted by Gasteiger charge is -2.40. The molecule has 0 aromatic carbocycles. The van der Waals surface area contributed by atoms with Gasteiger partial charge in [-0.2, -0.15) is 0 Å². The number of ether oxygens (including phenoxy) is 2. The Kier molecular flexibility index (Phi) is 4.85. The molecular formula is C10H18O6. The van der Waals surface area contributed by atoms with E-state index < -0.39 is 37.3 Å². The summed E-state index contributed by atoms with van der Waals surface area (Å²) in [6.45, 7) is 4.72. The molecule has 0 aliphatic carbocycles. The molecule has 0 aromatic rings. The zero-order valence-corrected chi connectivity index (χ0v) is 9.06. The number of aliphatic hydroxyl groups excluding tert-OH is 4. The van der Waals surface area contributed by atoms with E-state index in [1.165, 1.54) is 6.08 Å². The molecule has 2 unspecified atom stereocenters. The maximum atomic E-state index is 9.59. The van der Waals surface area contributed by atoms with Crippen LogP contribution in [-0.4, -0.2) is 63.8 Å². The van der Waals surface area contributed by atoms with Crippen molar-refractivity contribution < 1.29 is 29.9 Å². The molecule has 6 nitrogen and oxygen atoms in total. The van der Waals surface area contributed by atoms with E-state index in [2.05, 4.69) is 6.58 Å². The molecule has 94 valence electrons. The predicted octanol–water partition coefficient (Wildman–Crippen LogP) is -1.62. The summed E-state index contributed by atoms with van der Waals surface area (Å²) in [6.07, 6.45) is -5.04. The smallest absolute Gasteiger partial charge is 0.187 e. The van der Waals surface area contributed by atoms with Gasteiger partial charge in [0.05, 0.1) is 12.7 Å². The van der Waals surface area contributed by atoms with Gasteiger partial charge in [-0.25, -0.2) is 0 Å². The van der Waals surface area contributed by atoms with Crippen molar-refractivity contribution >= 4 is 0 Å². The van der Waals surface area contributed by atoms with Gasteiger partial charge in [-0.1, -0.05) is 6.08 Å². The summed E-state index contributed by atoms with van der Waals surface area (Å²) < 4.78 is 10.4. The third-order valence-corrected chi connectivity index (χ3v) is 2.53. The van der Waals surface area contributed by atoms with Crippen LogP contribution in [0.15, 0.2) is 12.7 Å². The van der Waals surface area contributed by atoms with Gasteiger partial charge in [0.1, 0.15) is 24.4 Å². The Morgan fingerprint density at radius 1 is 1.31 bits per heavy atom. The zero-order chi connectivity index (χ0) is 12.3. The third kappa shape index (κ3) is 2.79. The summed E-state index contributed by atoms with van der Waals surface area (Å²) >= 11 is 0. The van der Waals surface area contributed by atoms with E-state index in [4.69, 9.17) is 14.6 Å². The molecule has 1 aliphatic rings. The molecule has 0 amide bonds. The highest BCUT2D eigenvalue weighted by Crippen LogP contribution is 2.22. The predicted molar refractivity (Wildman–Crippen MR) is 54.5 cm³/mol. The molecule has 16 heavy (non-hydrogen) atoms. The molecular weight excluding hydrogens is 216 g/mol. The van der Waals surface area contributed by atoms with Gasteiger partial charge >= 0.3 is 0 Å². The van der Waals surface area contributed by atoms with Crippen molar-refractivity contribution in [1.29, 1.82) is 0 Å². The Bertz CT molecular complexity index is 231. The molecule has 1 fully saturated rings. The number of hydrogen-bond donors (Lipinski definition) is 4. The van der Waals surface area contributed by atoms with E-state index in [1.807, 2.05) is 0 Å². The van der Waals surface area contributed by atoms with Gasteiger partial charge in [0.25, 0.3) is 0 Å². The second-order valence-electron chi connectivity index (χ2n) is 3.77. The largest absolute Gasteiger partial charge is 0.394 e. The zero-order valence-electron chi connectivity index (χ0n) is 9.06. The van der Waals surface area contributed by atoms with Crippen molar-refractivity contribution in [3.05, 3.63) is 12.7 Å². The van der Waals surface area contributed by atoms with Crippen LogP contribution in [0.5, 0.6) is 0 Å². The van der Waals surface area contributed by atoms with Crippen LogP contribution >= 0.6 is 0 Å². The van der Waals surface area contributed by atoms with E-state index in [0.717, 1.165) is 0 Å². The molecule has 1 aliphatic heterocycles. The highest BCUT2D eigenvalue weighted by atomic mass is 16.7. The first-order chi connectivity index (χ1) is 7.51. The number of aliphatic hydroxyl groups is 4. The van der Waals surface area contributed by atoms with E-state index in [-0.39, 0.29) is 6.10 Å². The minimum atomic E-state index is -1.41.